The van der Waals surface area contributed by atoms with E-state index in [1.165, 1.54) is 44.1 Å². The normalized spacial score (nSPS) is 21.1. The molecule has 0 spiro atoms. The van der Waals surface area contributed by atoms with E-state index < -0.39 is 0 Å². The van der Waals surface area contributed by atoms with E-state index in [1.807, 2.05) is 19.1 Å². The third-order valence-corrected chi connectivity index (χ3v) is 3.23. The minimum Gasteiger partial charge on any atom is -0.101 e. The number of allylic oxidation sites excluding steroid dienone is 5. The van der Waals surface area contributed by atoms with Crippen molar-refractivity contribution < 1.29 is 0 Å². The van der Waals surface area contributed by atoms with Gasteiger partial charge in [-0.15, -0.1) is 5.47 Å². The summed E-state index contributed by atoms with van der Waals surface area (Å²) < 4.78 is 0. The van der Waals surface area contributed by atoms with Crippen molar-refractivity contribution in [2.75, 3.05) is 0 Å². The Balaban J connectivity index is 2.71. The van der Waals surface area contributed by atoms with E-state index in [4.69, 9.17) is 7.85 Å². The lowest BCUT2D eigenvalue weighted by Crippen LogP contribution is -2.01. The fourth-order valence-corrected chi connectivity index (χ4v) is 2.23. The summed E-state index contributed by atoms with van der Waals surface area (Å²) in [5.74, 6) is 0.684. The first kappa shape index (κ1) is 12.4. The Morgan fingerprint density at radius 2 is 1.80 bits per heavy atom. The molecule has 0 N–H and O–H groups in total. The SMILES string of the molecule is [B]C(=C/C)/C=C(\C=C)C1CCCCCC1. The summed E-state index contributed by atoms with van der Waals surface area (Å²) >= 11 is 0. The third-order valence-electron chi connectivity index (χ3n) is 3.23. The van der Waals surface area contributed by atoms with E-state index in [2.05, 4.69) is 12.7 Å². The zero-order chi connectivity index (χ0) is 11.1. The van der Waals surface area contributed by atoms with Gasteiger partial charge in [0.05, 0.1) is 0 Å². The molecule has 15 heavy (non-hydrogen) atoms. The highest BCUT2D eigenvalue weighted by molar-refractivity contribution is 6.23. The van der Waals surface area contributed by atoms with Crippen LogP contribution in [0.15, 0.2) is 35.9 Å². The molecule has 1 aliphatic rings. The van der Waals surface area contributed by atoms with Gasteiger partial charge < -0.3 is 0 Å². The van der Waals surface area contributed by atoms with Crippen LogP contribution in [0.25, 0.3) is 0 Å². The Morgan fingerprint density at radius 1 is 1.20 bits per heavy atom. The largest absolute Gasteiger partial charge is 0.113 e. The molecule has 80 valence electrons. The van der Waals surface area contributed by atoms with Gasteiger partial charge in [-0.05, 0) is 31.3 Å². The average Bonchev–Trinajstić information content (AvgIpc) is 2.54. The Kier molecular flexibility index (Phi) is 5.53. The van der Waals surface area contributed by atoms with Gasteiger partial charge in [-0.25, -0.2) is 0 Å². The van der Waals surface area contributed by atoms with Gasteiger partial charge in [0.25, 0.3) is 0 Å². The topological polar surface area (TPSA) is 0 Å². The summed E-state index contributed by atoms with van der Waals surface area (Å²) in [4.78, 5) is 0. The van der Waals surface area contributed by atoms with Gasteiger partial charge in [-0.2, -0.15) is 0 Å². The molecule has 1 aliphatic carbocycles. The summed E-state index contributed by atoms with van der Waals surface area (Å²) in [7, 11) is 5.83. The van der Waals surface area contributed by atoms with Gasteiger partial charge >= 0.3 is 0 Å². The molecule has 0 atom stereocenters. The predicted molar refractivity (Wildman–Crippen MR) is 69.0 cm³/mol. The van der Waals surface area contributed by atoms with Gasteiger partial charge in [0.15, 0.2) is 0 Å². The van der Waals surface area contributed by atoms with Crippen molar-refractivity contribution >= 4 is 7.85 Å². The van der Waals surface area contributed by atoms with Crippen molar-refractivity contribution in [3.05, 3.63) is 35.9 Å². The standard InChI is InChI=1S/C14H21B/c1-3-12(11-14(15)4-2)13-9-7-5-6-8-10-13/h3-4,11,13H,1,5-10H2,2H3/b12-11+,14-4+. The van der Waals surface area contributed by atoms with Crippen LogP contribution in [0.5, 0.6) is 0 Å². The molecule has 0 saturated heterocycles. The molecule has 1 fully saturated rings. The van der Waals surface area contributed by atoms with Gasteiger partial charge in [0.2, 0.25) is 0 Å². The van der Waals surface area contributed by atoms with Crippen LogP contribution in [0.3, 0.4) is 0 Å². The molecule has 1 saturated carbocycles. The van der Waals surface area contributed by atoms with Crippen molar-refractivity contribution in [2.24, 2.45) is 5.92 Å². The van der Waals surface area contributed by atoms with Crippen LogP contribution in [0.4, 0.5) is 0 Å². The van der Waals surface area contributed by atoms with Crippen LogP contribution < -0.4 is 0 Å². The number of hydrogen-bond acceptors (Lipinski definition) is 0. The van der Waals surface area contributed by atoms with E-state index in [1.54, 1.807) is 0 Å². The maximum Gasteiger partial charge on any atom is 0.113 e. The molecule has 1 heteroatoms. The first-order chi connectivity index (χ1) is 7.27. The zero-order valence-electron chi connectivity index (χ0n) is 9.84. The lowest BCUT2D eigenvalue weighted by atomic mass is 9.86. The van der Waals surface area contributed by atoms with Crippen molar-refractivity contribution in [1.82, 2.24) is 0 Å². The Hall–Kier alpha value is -0.715. The lowest BCUT2D eigenvalue weighted by molar-refractivity contribution is 0.540. The fraction of sp³-hybridized carbons (Fsp3) is 0.571. The second-order valence-electron chi connectivity index (χ2n) is 4.33. The van der Waals surface area contributed by atoms with Crippen LogP contribution in [0.1, 0.15) is 45.4 Å². The van der Waals surface area contributed by atoms with Gasteiger partial charge in [0, 0.05) is 0 Å². The molecular weight excluding hydrogens is 179 g/mol. The van der Waals surface area contributed by atoms with Crippen LogP contribution in [-0.2, 0) is 0 Å². The summed E-state index contributed by atoms with van der Waals surface area (Å²) in [5.41, 5.74) is 2.18. The molecule has 1 rings (SSSR count). The zero-order valence-corrected chi connectivity index (χ0v) is 9.84. The second-order valence-corrected chi connectivity index (χ2v) is 4.33. The van der Waals surface area contributed by atoms with Crippen LogP contribution >= 0.6 is 0 Å². The molecule has 0 aliphatic heterocycles. The molecule has 2 radical (unpaired) electrons. The van der Waals surface area contributed by atoms with E-state index in [0.29, 0.717) is 5.92 Å². The summed E-state index contributed by atoms with van der Waals surface area (Å²) in [5, 5.41) is 0. The highest BCUT2D eigenvalue weighted by Gasteiger charge is 2.14. The molecular formula is C14H21B. The maximum atomic E-state index is 5.83. The molecule has 0 amide bonds. The Bertz CT molecular complexity index is 253. The van der Waals surface area contributed by atoms with Crippen LogP contribution in [0.2, 0.25) is 0 Å². The quantitative estimate of drug-likeness (QED) is 0.365. The summed E-state index contributed by atoms with van der Waals surface area (Å²) in [6, 6.07) is 0. The van der Waals surface area contributed by atoms with E-state index in [0.717, 1.165) is 5.47 Å². The van der Waals surface area contributed by atoms with Crippen molar-refractivity contribution in [1.29, 1.82) is 0 Å². The highest BCUT2D eigenvalue weighted by atomic mass is 14.2. The second kappa shape index (κ2) is 6.71. The van der Waals surface area contributed by atoms with Crippen molar-refractivity contribution in [2.45, 2.75) is 45.4 Å². The Morgan fingerprint density at radius 3 is 2.27 bits per heavy atom. The summed E-state index contributed by atoms with van der Waals surface area (Å²) in [6.07, 6.45) is 14.1. The van der Waals surface area contributed by atoms with E-state index >= 15 is 0 Å². The monoisotopic (exact) mass is 200 g/mol. The first-order valence-corrected chi connectivity index (χ1v) is 6.03. The van der Waals surface area contributed by atoms with Gasteiger partial charge in [0.1, 0.15) is 7.85 Å². The smallest absolute Gasteiger partial charge is 0.101 e. The lowest BCUT2D eigenvalue weighted by Gasteiger charge is -2.15. The van der Waals surface area contributed by atoms with Gasteiger partial charge in [-0.1, -0.05) is 50.5 Å². The number of rotatable bonds is 3. The van der Waals surface area contributed by atoms with Crippen LogP contribution in [0, 0.1) is 5.92 Å². The highest BCUT2D eigenvalue weighted by Crippen LogP contribution is 2.29. The van der Waals surface area contributed by atoms with Crippen molar-refractivity contribution in [3.8, 4) is 0 Å². The average molecular weight is 200 g/mol. The van der Waals surface area contributed by atoms with Crippen molar-refractivity contribution in [3.63, 3.8) is 0 Å². The molecule has 0 nitrogen and oxygen atoms in total. The fourth-order valence-electron chi connectivity index (χ4n) is 2.23. The van der Waals surface area contributed by atoms with E-state index in [9.17, 15) is 0 Å². The number of hydrogen-bond donors (Lipinski definition) is 0. The minimum atomic E-state index is 0.684. The molecule has 0 heterocycles. The minimum absolute atomic E-state index is 0.684. The maximum absolute atomic E-state index is 5.83. The van der Waals surface area contributed by atoms with Crippen LogP contribution in [-0.4, -0.2) is 7.85 Å². The third kappa shape index (κ3) is 4.11. The summed E-state index contributed by atoms with van der Waals surface area (Å²) in [6.45, 7) is 5.87. The Labute approximate surface area is 95.6 Å². The van der Waals surface area contributed by atoms with Gasteiger partial charge in [-0.3, -0.25) is 0 Å². The molecule has 0 unspecified atom stereocenters. The molecule has 0 aromatic carbocycles. The molecule has 0 aromatic heterocycles. The van der Waals surface area contributed by atoms with E-state index in [-0.39, 0.29) is 0 Å². The predicted octanol–water partition coefficient (Wildman–Crippen LogP) is 4.14. The molecule has 0 aromatic rings. The molecule has 0 bridgehead atoms. The first-order valence-electron chi connectivity index (χ1n) is 6.03.